The van der Waals surface area contributed by atoms with Crippen LogP contribution in [-0.4, -0.2) is 53.0 Å². The van der Waals surface area contributed by atoms with Crippen LogP contribution in [-0.2, 0) is 10.9 Å². The summed E-state index contributed by atoms with van der Waals surface area (Å²) in [5.74, 6) is -2.07. The molecule has 10 heteroatoms. The molecule has 3 N–H and O–H groups in total. The van der Waals surface area contributed by atoms with E-state index in [0.29, 0.717) is 23.6 Å². The molecule has 5 atom stereocenters. The quantitative estimate of drug-likeness (QED) is 0.524. The van der Waals surface area contributed by atoms with Gasteiger partial charge in [-0.3, -0.25) is 0 Å². The number of rotatable bonds is 8. The molecule has 3 rings (SSSR count). The second-order valence-corrected chi connectivity index (χ2v) is 9.01. The normalized spacial score (nSPS) is 24.6. The fraction of sp³-hybridized carbons (Fsp3) is 0.429. The zero-order chi connectivity index (χ0) is 22.5. The van der Waals surface area contributed by atoms with Crippen LogP contribution in [0.4, 0.5) is 13.2 Å². The Morgan fingerprint density at radius 3 is 2.29 bits per heavy atom. The van der Waals surface area contributed by atoms with Crippen LogP contribution in [0, 0.1) is 17.5 Å². The highest BCUT2D eigenvalue weighted by Crippen LogP contribution is 2.39. The van der Waals surface area contributed by atoms with Gasteiger partial charge < -0.3 is 29.3 Å². The van der Waals surface area contributed by atoms with Crippen molar-refractivity contribution in [1.82, 2.24) is 0 Å². The van der Waals surface area contributed by atoms with E-state index in [9.17, 15) is 28.3 Å². The summed E-state index contributed by atoms with van der Waals surface area (Å²) >= 11 is 0. The summed E-state index contributed by atoms with van der Waals surface area (Å²) in [6, 6.07) is 7.75. The summed E-state index contributed by atoms with van der Waals surface area (Å²) in [7, 11) is -0.271. The van der Waals surface area contributed by atoms with Gasteiger partial charge in [-0.05, 0) is 36.8 Å². The average molecular weight is 460 g/mol. The van der Waals surface area contributed by atoms with Crippen molar-refractivity contribution in [2.75, 3.05) is 13.3 Å². The minimum atomic E-state index is -1.80. The molecular weight excluding hydrogens is 436 g/mol. The third kappa shape index (κ3) is 6.30. The first-order valence-electron chi connectivity index (χ1n) is 9.66. The van der Waals surface area contributed by atoms with E-state index < -0.39 is 50.2 Å². The lowest BCUT2D eigenvalue weighted by atomic mass is 10.0. The van der Waals surface area contributed by atoms with Crippen LogP contribution in [0.1, 0.15) is 18.4 Å². The van der Waals surface area contributed by atoms with E-state index in [1.165, 1.54) is 7.11 Å². The zero-order valence-corrected chi connectivity index (χ0v) is 17.6. The van der Waals surface area contributed by atoms with E-state index in [1.807, 2.05) is 0 Å². The third-order valence-corrected chi connectivity index (χ3v) is 6.43. The summed E-state index contributed by atoms with van der Waals surface area (Å²) in [4.78, 5) is 10.2. The number of ether oxygens (including phenoxy) is 3. The molecule has 1 heterocycles. The van der Waals surface area contributed by atoms with Crippen molar-refractivity contribution in [2.24, 2.45) is 0 Å². The third-order valence-electron chi connectivity index (χ3n) is 4.97. The second kappa shape index (κ2) is 10.6. The van der Waals surface area contributed by atoms with E-state index in [-0.39, 0.29) is 30.7 Å². The molecule has 0 aromatic heterocycles. The van der Waals surface area contributed by atoms with Crippen LogP contribution >= 0.6 is 8.15 Å². The standard InChI is InChI=1S/C21H24F3O6P/c1-28-13-2-4-14(5-3-13)29-21-20(26)19(25)10-15(30-21)6-7-31(27)11-16-17(23)8-12(22)9-18(16)24/h2-5,8-9,15,19-21,25-27H,6-7,10-11H2,1H3. The lowest BCUT2D eigenvalue weighted by Crippen LogP contribution is -2.51. The molecule has 0 spiro atoms. The predicted octanol–water partition coefficient (Wildman–Crippen LogP) is 3.31. The van der Waals surface area contributed by atoms with Crippen molar-refractivity contribution in [2.45, 2.75) is 43.6 Å². The van der Waals surface area contributed by atoms with Crippen molar-refractivity contribution >= 4 is 8.15 Å². The maximum atomic E-state index is 13.8. The van der Waals surface area contributed by atoms with Crippen molar-refractivity contribution in [1.29, 1.82) is 0 Å². The van der Waals surface area contributed by atoms with Crippen molar-refractivity contribution in [3.05, 3.63) is 59.4 Å². The summed E-state index contributed by atoms with van der Waals surface area (Å²) < 4.78 is 57.0. The number of aliphatic hydroxyl groups excluding tert-OH is 2. The summed E-state index contributed by atoms with van der Waals surface area (Å²) in [6.45, 7) is 0. The molecule has 0 bridgehead atoms. The highest BCUT2D eigenvalue weighted by atomic mass is 31.1. The minimum absolute atomic E-state index is 0.117. The summed E-state index contributed by atoms with van der Waals surface area (Å²) in [5.41, 5.74) is -0.365. The van der Waals surface area contributed by atoms with Crippen LogP contribution in [0.2, 0.25) is 0 Å². The highest BCUT2D eigenvalue weighted by Gasteiger charge is 2.38. The van der Waals surface area contributed by atoms with Crippen LogP contribution < -0.4 is 9.47 Å². The molecule has 0 radical (unpaired) electrons. The number of aliphatic hydroxyl groups is 2. The Morgan fingerprint density at radius 1 is 1.06 bits per heavy atom. The molecular formula is C21H24F3O6P. The van der Waals surface area contributed by atoms with Crippen LogP contribution in [0.25, 0.3) is 0 Å². The molecule has 0 saturated carbocycles. The number of benzene rings is 2. The van der Waals surface area contributed by atoms with Gasteiger partial charge in [0.05, 0.1) is 19.3 Å². The van der Waals surface area contributed by atoms with E-state index in [2.05, 4.69) is 0 Å². The Labute approximate surface area is 179 Å². The summed E-state index contributed by atoms with van der Waals surface area (Å²) in [6.07, 6.45) is -3.73. The van der Waals surface area contributed by atoms with Gasteiger partial charge in [0.2, 0.25) is 6.29 Å². The van der Waals surface area contributed by atoms with Crippen LogP contribution in [0.15, 0.2) is 36.4 Å². The van der Waals surface area contributed by atoms with Gasteiger partial charge in [0.25, 0.3) is 0 Å². The SMILES string of the molecule is COc1ccc(OC2OC(CCP(O)Cc3c(F)cc(F)cc3F)CC(O)C2O)cc1. The topological polar surface area (TPSA) is 88.4 Å². The fourth-order valence-corrected chi connectivity index (χ4v) is 4.68. The van der Waals surface area contributed by atoms with Gasteiger partial charge >= 0.3 is 0 Å². The van der Waals surface area contributed by atoms with Crippen molar-refractivity contribution in [3.63, 3.8) is 0 Å². The maximum Gasteiger partial charge on any atom is 0.228 e. The molecule has 1 fully saturated rings. The van der Waals surface area contributed by atoms with Crippen LogP contribution in [0.3, 0.4) is 0 Å². The lowest BCUT2D eigenvalue weighted by molar-refractivity contribution is -0.235. The predicted molar refractivity (Wildman–Crippen MR) is 108 cm³/mol. The van der Waals surface area contributed by atoms with Gasteiger partial charge in [-0.15, -0.1) is 0 Å². The van der Waals surface area contributed by atoms with Crippen molar-refractivity contribution in [3.8, 4) is 11.5 Å². The first-order valence-corrected chi connectivity index (χ1v) is 11.3. The van der Waals surface area contributed by atoms with Gasteiger partial charge in [0, 0.05) is 38.4 Å². The Kier molecular flexibility index (Phi) is 8.13. The Balaban J connectivity index is 1.56. The minimum Gasteiger partial charge on any atom is -0.497 e. The number of halogens is 3. The fourth-order valence-electron chi connectivity index (χ4n) is 3.27. The molecule has 5 unspecified atom stereocenters. The highest BCUT2D eigenvalue weighted by molar-refractivity contribution is 7.50. The average Bonchev–Trinajstić information content (AvgIpc) is 2.73. The second-order valence-electron chi connectivity index (χ2n) is 7.24. The van der Waals surface area contributed by atoms with E-state index in [0.717, 1.165) is 0 Å². The number of methoxy groups -OCH3 is 1. The molecule has 1 saturated heterocycles. The smallest absolute Gasteiger partial charge is 0.228 e. The monoisotopic (exact) mass is 460 g/mol. The molecule has 0 amide bonds. The van der Waals surface area contributed by atoms with E-state index >= 15 is 0 Å². The van der Waals surface area contributed by atoms with Crippen molar-refractivity contribution < 1.29 is 42.5 Å². The van der Waals surface area contributed by atoms with Gasteiger partial charge in [0.1, 0.15) is 35.1 Å². The zero-order valence-electron chi connectivity index (χ0n) is 16.7. The van der Waals surface area contributed by atoms with E-state index in [4.69, 9.17) is 14.2 Å². The lowest BCUT2D eigenvalue weighted by Gasteiger charge is -2.37. The molecule has 6 nitrogen and oxygen atoms in total. The summed E-state index contributed by atoms with van der Waals surface area (Å²) in [5, 5.41) is 20.3. The van der Waals surface area contributed by atoms with Crippen LogP contribution in [0.5, 0.6) is 11.5 Å². The Bertz CT molecular complexity index is 846. The maximum absolute atomic E-state index is 13.8. The molecule has 1 aliphatic rings. The molecule has 170 valence electrons. The molecule has 2 aromatic carbocycles. The van der Waals surface area contributed by atoms with Gasteiger partial charge in [-0.25, -0.2) is 13.2 Å². The van der Waals surface area contributed by atoms with Gasteiger partial charge in [-0.1, -0.05) is 0 Å². The van der Waals surface area contributed by atoms with E-state index in [1.54, 1.807) is 24.3 Å². The first kappa shape index (κ1) is 23.8. The first-order chi connectivity index (χ1) is 14.8. The van der Waals surface area contributed by atoms with Gasteiger partial charge in [-0.2, -0.15) is 0 Å². The van der Waals surface area contributed by atoms with Gasteiger partial charge in [0.15, 0.2) is 0 Å². The molecule has 2 aromatic rings. The Morgan fingerprint density at radius 2 is 1.68 bits per heavy atom. The number of hydrogen-bond donors (Lipinski definition) is 3. The molecule has 1 aliphatic heterocycles. The Hall–Kier alpha value is -1.90. The molecule has 31 heavy (non-hydrogen) atoms. The largest absolute Gasteiger partial charge is 0.497 e. The molecule has 0 aliphatic carbocycles. The number of hydrogen-bond acceptors (Lipinski definition) is 6.